The Labute approximate surface area is 72.4 Å². The highest BCUT2D eigenvalue weighted by molar-refractivity contribution is 4.85. The van der Waals surface area contributed by atoms with Crippen LogP contribution in [0.15, 0.2) is 0 Å². The van der Waals surface area contributed by atoms with Crippen LogP contribution in [0.3, 0.4) is 0 Å². The topological polar surface area (TPSA) is 63.9 Å². The number of aliphatic hydroxyl groups excluding tert-OH is 3. The molecule has 0 amide bonds. The number of likely N-dealkylation sites (tertiary alicyclic amines) is 1. The Morgan fingerprint density at radius 1 is 1.17 bits per heavy atom. The highest BCUT2D eigenvalue weighted by Crippen LogP contribution is 2.11. The molecule has 0 radical (unpaired) electrons. The van der Waals surface area contributed by atoms with Gasteiger partial charge in [-0.25, -0.2) is 0 Å². The molecule has 3 atom stereocenters. The summed E-state index contributed by atoms with van der Waals surface area (Å²) in [5.74, 6) is 0. The van der Waals surface area contributed by atoms with Crippen LogP contribution in [0.4, 0.5) is 0 Å². The van der Waals surface area contributed by atoms with E-state index in [1.807, 2.05) is 11.8 Å². The van der Waals surface area contributed by atoms with E-state index in [0.717, 1.165) is 13.0 Å². The van der Waals surface area contributed by atoms with Crippen molar-refractivity contribution in [2.75, 3.05) is 19.6 Å². The number of aliphatic hydroxyl groups is 3. The second kappa shape index (κ2) is 4.18. The van der Waals surface area contributed by atoms with Crippen molar-refractivity contribution in [2.24, 2.45) is 0 Å². The lowest BCUT2D eigenvalue weighted by Gasteiger charge is -2.36. The standard InChI is InChI=1S/C8H17NO3/c1-2-3-9-4-6(10)8(12)7(11)5-9/h6-8,10-12H,2-5H2,1H3/t6-,7+,8?. The maximum atomic E-state index is 9.29. The molecule has 12 heavy (non-hydrogen) atoms. The van der Waals surface area contributed by atoms with Crippen molar-refractivity contribution in [1.82, 2.24) is 4.90 Å². The molecule has 4 nitrogen and oxygen atoms in total. The largest absolute Gasteiger partial charge is 0.389 e. The number of nitrogens with zero attached hydrogens (tertiary/aromatic N) is 1. The molecule has 1 fully saturated rings. The first-order valence-electron chi connectivity index (χ1n) is 4.41. The van der Waals surface area contributed by atoms with Crippen LogP contribution in [0, 0.1) is 0 Å². The van der Waals surface area contributed by atoms with E-state index < -0.39 is 18.3 Å². The fraction of sp³-hybridized carbons (Fsp3) is 1.00. The van der Waals surface area contributed by atoms with E-state index in [2.05, 4.69) is 0 Å². The summed E-state index contributed by atoms with van der Waals surface area (Å²) in [5, 5.41) is 27.8. The first-order chi connectivity index (χ1) is 5.65. The van der Waals surface area contributed by atoms with E-state index in [-0.39, 0.29) is 0 Å². The lowest BCUT2D eigenvalue weighted by molar-refractivity contribution is -0.109. The van der Waals surface area contributed by atoms with Gasteiger partial charge in [-0.15, -0.1) is 0 Å². The van der Waals surface area contributed by atoms with Crippen LogP contribution < -0.4 is 0 Å². The third kappa shape index (κ3) is 2.17. The van der Waals surface area contributed by atoms with E-state index in [1.54, 1.807) is 0 Å². The maximum absolute atomic E-state index is 9.29. The Bertz CT molecular complexity index is 130. The Kier molecular flexibility index (Phi) is 3.46. The summed E-state index contributed by atoms with van der Waals surface area (Å²) in [5.41, 5.74) is 0. The first-order valence-corrected chi connectivity index (χ1v) is 4.41. The predicted molar refractivity (Wildman–Crippen MR) is 44.8 cm³/mol. The van der Waals surface area contributed by atoms with Crippen molar-refractivity contribution in [1.29, 1.82) is 0 Å². The molecule has 1 rings (SSSR count). The van der Waals surface area contributed by atoms with Gasteiger partial charge in [0.1, 0.15) is 6.10 Å². The maximum Gasteiger partial charge on any atom is 0.108 e. The van der Waals surface area contributed by atoms with Gasteiger partial charge in [-0.3, -0.25) is 4.90 Å². The van der Waals surface area contributed by atoms with Gasteiger partial charge in [0.2, 0.25) is 0 Å². The summed E-state index contributed by atoms with van der Waals surface area (Å²) >= 11 is 0. The van der Waals surface area contributed by atoms with Gasteiger partial charge in [-0.1, -0.05) is 6.92 Å². The Morgan fingerprint density at radius 3 is 2.08 bits per heavy atom. The molecule has 3 N–H and O–H groups in total. The molecule has 0 aliphatic carbocycles. The number of rotatable bonds is 2. The molecule has 1 aliphatic rings. The van der Waals surface area contributed by atoms with E-state index >= 15 is 0 Å². The molecule has 0 aromatic carbocycles. The second-order valence-electron chi connectivity index (χ2n) is 3.38. The third-order valence-corrected chi connectivity index (χ3v) is 2.22. The fourth-order valence-electron chi connectivity index (χ4n) is 1.57. The van der Waals surface area contributed by atoms with Crippen LogP contribution in [-0.4, -0.2) is 58.2 Å². The minimum atomic E-state index is -0.974. The summed E-state index contributed by atoms with van der Waals surface area (Å²) in [6, 6.07) is 0. The third-order valence-electron chi connectivity index (χ3n) is 2.22. The number of β-amino-alcohol motifs (C(OH)–C–C–N with tert-alkyl or cyclic N) is 2. The molecule has 1 heterocycles. The molecule has 0 spiro atoms. The summed E-state index contributed by atoms with van der Waals surface area (Å²) in [6.45, 7) is 3.84. The summed E-state index contributed by atoms with van der Waals surface area (Å²) < 4.78 is 0. The van der Waals surface area contributed by atoms with Crippen LogP contribution in [0.5, 0.6) is 0 Å². The minimum absolute atomic E-state index is 0.464. The van der Waals surface area contributed by atoms with Crippen LogP contribution in [0.2, 0.25) is 0 Å². The lowest BCUT2D eigenvalue weighted by Crippen LogP contribution is -2.55. The summed E-state index contributed by atoms with van der Waals surface area (Å²) in [6.07, 6.45) is -1.59. The molecular formula is C8H17NO3. The predicted octanol–water partition coefficient (Wildman–Crippen LogP) is -1.21. The molecule has 72 valence electrons. The molecule has 0 saturated carbocycles. The van der Waals surface area contributed by atoms with Gasteiger partial charge in [0.25, 0.3) is 0 Å². The van der Waals surface area contributed by atoms with Gasteiger partial charge in [0.15, 0.2) is 0 Å². The van der Waals surface area contributed by atoms with E-state index in [4.69, 9.17) is 0 Å². The molecular weight excluding hydrogens is 158 g/mol. The Balaban J connectivity index is 2.42. The minimum Gasteiger partial charge on any atom is -0.389 e. The molecule has 1 aliphatic heterocycles. The SMILES string of the molecule is CCCN1C[C@@H](O)C(O)[C@@H](O)C1. The molecule has 0 bridgehead atoms. The first kappa shape index (κ1) is 9.92. The van der Waals surface area contributed by atoms with Crippen molar-refractivity contribution < 1.29 is 15.3 Å². The van der Waals surface area contributed by atoms with Gasteiger partial charge in [0.05, 0.1) is 12.2 Å². The van der Waals surface area contributed by atoms with Crippen molar-refractivity contribution in [3.63, 3.8) is 0 Å². The number of hydrogen-bond acceptors (Lipinski definition) is 4. The van der Waals surface area contributed by atoms with Crippen molar-refractivity contribution >= 4 is 0 Å². The second-order valence-corrected chi connectivity index (χ2v) is 3.38. The van der Waals surface area contributed by atoms with Crippen molar-refractivity contribution in [3.05, 3.63) is 0 Å². The molecule has 0 aromatic rings. The van der Waals surface area contributed by atoms with Gasteiger partial charge >= 0.3 is 0 Å². The Morgan fingerprint density at radius 2 is 1.67 bits per heavy atom. The van der Waals surface area contributed by atoms with Crippen LogP contribution >= 0.6 is 0 Å². The van der Waals surface area contributed by atoms with Gasteiger partial charge in [-0.2, -0.15) is 0 Å². The molecule has 0 aromatic heterocycles. The fourth-order valence-corrected chi connectivity index (χ4v) is 1.57. The van der Waals surface area contributed by atoms with E-state index in [0.29, 0.717) is 13.1 Å². The van der Waals surface area contributed by atoms with Crippen LogP contribution in [0.25, 0.3) is 0 Å². The summed E-state index contributed by atoms with van der Waals surface area (Å²) in [4.78, 5) is 1.96. The van der Waals surface area contributed by atoms with Crippen molar-refractivity contribution in [3.8, 4) is 0 Å². The smallest absolute Gasteiger partial charge is 0.108 e. The average Bonchev–Trinajstić information content (AvgIpc) is 2.01. The zero-order chi connectivity index (χ0) is 9.14. The highest BCUT2D eigenvalue weighted by Gasteiger charge is 2.32. The van der Waals surface area contributed by atoms with Gasteiger partial charge in [-0.05, 0) is 13.0 Å². The molecule has 1 unspecified atom stereocenters. The van der Waals surface area contributed by atoms with E-state index in [9.17, 15) is 15.3 Å². The van der Waals surface area contributed by atoms with Gasteiger partial charge in [0, 0.05) is 13.1 Å². The molecule has 1 saturated heterocycles. The van der Waals surface area contributed by atoms with Crippen LogP contribution in [0.1, 0.15) is 13.3 Å². The zero-order valence-electron chi connectivity index (χ0n) is 7.35. The summed E-state index contributed by atoms with van der Waals surface area (Å²) in [7, 11) is 0. The van der Waals surface area contributed by atoms with Crippen molar-refractivity contribution in [2.45, 2.75) is 31.7 Å². The van der Waals surface area contributed by atoms with E-state index in [1.165, 1.54) is 0 Å². The lowest BCUT2D eigenvalue weighted by atomic mass is 10.0. The Hall–Kier alpha value is -0.160. The number of piperidine rings is 1. The zero-order valence-corrected chi connectivity index (χ0v) is 7.35. The quantitative estimate of drug-likeness (QED) is 0.493. The highest BCUT2D eigenvalue weighted by atomic mass is 16.4. The van der Waals surface area contributed by atoms with Crippen LogP contribution in [-0.2, 0) is 0 Å². The number of hydrogen-bond donors (Lipinski definition) is 3. The average molecular weight is 175 g/mol. The molecule has 4 heteroatoms. The van der Waals surface area contributed by atoms with Gasteiger partial charge < -0.3 is 15.3 Å². The monoisotopic (exact) mass is 175 g/mol. The normalized spacial score (nSPS) is 38.5.